The summed E-state index contributed by atoms with van der Waals surface area (Å²) in [5, 5.41) is 2.81. The smallest absolute Gasteiger partial charge is 0.248 e. The Kier molecular flexibility index (Phi) is 6.84. The highest BCUT2D eigenvalue weighted by molar-refractivity contribution is 6.01. The van der Waals surface area contributed by atoms with E-state index in [1.807, 2.05) is 50.2 Å². The van der Waals surface area contributed by atoms with Crippen LogP contribution in [0.15, 0.2) is 66.8 Å². The Labute approximate surface area is 148 Å². The Morgan fingerprint density at radius 3 is 2.24 bits per heavy atom. The van der Waals surface area contributed by atoms with Crippen molar-refractivity contribution in [3.63, 3.8) is 0 Å². The van der Waals surface area contributed by atoms with Gasteiger partial charge in [0.05, 0.1) is 6.61 Å². The molecule has 130 valence electrons. The molecule has 0 aliphatic rings. The van der Waals surface area contributed by atoms with Gasteiger partial charge in [-0.15, -0.1) is 0 Å². The predicted molar refractivity (Wildman–Crippen MR) is 102 cm³/mol. The van der Waals surface area contributed by atoms with E-state index in [1.165, 1.54) is 6.08 Å². The Hall–Kier alpha value is -3.01. The number of carbonyl (C=O) groups excluding carboxylic acids is 1. The minimum absolute atomic E-state index is 0.190. The average Bonchev–Trinajstić information content (AvgIpc) is 2.61. The van der Waals surface area contributed by atoms with Crippen molar-refractivity contribution in [2.24, 2.45) is 0 Å². The van der Waals surface area contributed by atoms with Crippen LogP contribution in [-0.4, -0.2) is 19.1 Å². The maximum Gasteiger partial charge on any atom is 0.248 e. The Bertz CT molecular complexity index is 731. The van der Waals surface area contributed by atoms with Gasteiger partial charge in [0.25, 0.3) is 0 Å². The van der Waals surface area contributed by atoms with Crippen LogP contribution in [0, 0.1) is 0 Å². The van der Waals surface area contributed by atoms with Crippen molar-refractivity contribution < 1.29 is 14.3 Å². The topological polar surface area (TPSA) is 47.6 Å². The second-order valence-electron chi connectivity index (χ2n) is 5.59. The second-order valence-corrected chi connectivity index (χ2v) is 5.59. The fourth-order valence-corrected chi connectivity index (χ4v) is 2.04. The molecule has 0 aromatic heterocycles. The fraction of sp³-hybridized carbons (Fsp3) is 0.190. The number of amides is 1. The van der Waals surface area contributed by atoms with Crippen LogP contribution >= 0.6 is 0 Å². The number of ether oxygens (including phenoxy) is 2. The minimum atomic E-state index is -0.190. The Morgan fingerprint density at radius 1 is 1.04 bits per heavy atom. The van der Waals surface area contributed by atoms with Crippen LogP contribution in [0.3, 0.4) is 0 Å². The van der Waals surface area contributed by atoms with Crippen LogP contribution in [-0.2, 0) is 4.79 Å². The Morgan fingerprint density at radius 2 is 1.64 bits per heavy atom. The zero-order chi connectivity index (χ0) is 18.1. The van der Waals surface area contributed by atoms with Crippen LogP contribution in [0.5, 0.6) is 11.5 Å². The monoisotopic (exact) mass is 337 g/mol. The molecule has 0 fully saturated rings. The first-order valence-corrected chi connectivity index (χ1v) is 8.16. The lowest BCUT2D eigenvalue weighted by Crippen LogP contribution is -2.07. The maximum atomic E-state index is 12.0. The zero-order valence-corrected chi connectivity index (χ0v) is 14.6. The van der Waals surface area contributed by atoms with E-state index < -0.39 is 0 Å². The van der Waals surface area contributed by atoms with Gasteiger partial charge < -0.3 is 14.8 Å². The molecule has 25 heavy (non-hydrogen) atoms. The molecule has 4 heteroatoms. The van der Waals surface area contributed by atoms with Crippen molar-refractivity contribution in [1.82, 2.24) is 0 Å². The van der Waals surface area contributed by atoms with E-state index in [-0.39, 0.29) is 5.91 Å². The van der Waals surface area contributed by atoms with E-state index in [0.717, 1.165) is 22.6 Å². The number of benzene rings is 2. The lowest BCUT2D eigenvalue weighted by molar-refractivity contribution is -0.111. The van der Waals surface area contributed by atoms with E-state index in [4.69, 9.17) is 9.47 Å². The third-order valence-electron chi connectivity index (χ3n) is 3.23. The highest BCUT2D eigenvalue weighted by atomic mass is 16.5. The molecule has 0 unspecified atom stereocenters. The van der Waals surface area contributed by atoms with Gasteiger partial charge in [-0.05, 0) is 67.5 Å². The number of rotatable bonds is 8. The summed E-state index contributed by atoms with van der Waals surface area (Å²) in [6.45, 7) is 8.76. The van der Waals surface area contributed by atoms with Crippen molar-refractivity contribution in [3.05, 3.63) is 72.3 Å². The van der Waals surface area contributed by atoms with E-state index in [1.54, 1.807) is 18.2 Å². The van der Waals surface area contributed by atoms with Gasteiger partial charge in [0.1, 0.15) is 18.1 Å². The van der Waals surface area contributed by atoms with Crippen molar-refractivity contribution in [1.29, 1.82) is 0 Å². The van der Waals surface area contributed by atoms with Crippen LogP contribution in [0.1, 0.15) is 19.4 Å². The quantitative estimate of drug-likeness (QED) is 0.561. The standard InChI is InChI=1S/C21H23NO3/c1-4-24-19-10-5-17(6-11-19)7-14-21(23)22-18-8-12-20(13-9-18)25-15-16(2)3/h5-14H,2,4,15H2,1,3H3,(H,22,23)/b14-7+. The molecule has 4 nitrogen and oxygen atoms in total. The van der Waals surface area contributed by atoms with E-state index in [0.29, 0.717) is 18.9 Å². The third kappa shape index (κ3) is 6.55. The Balaban J connectivity index is 1.87. The number of anilines is 1. The lowest BCUT2D eigenvalue weighted by atomic mass is 10.2. The summed E-state index contributed by atoms with van der Waals surface area (Å²) in [5.41, 5.74) is 2.60. The first kappa shape index (κ1) is 18.3. The van der Waals surface area contributed by atoms with Crippen molar-refractivity contribution in [2.45, 2.75) is 13.8 Å². The average molecular weight is 337 g/mol. The van der Waals surface area contributed by atoms with Gasteiger partial charge in [0.15, 0.2) is 0 Å². The third-order valence-corrected chi connectivity index (χ3v) is 3.23. The van der Waals surface area contributed by atoms with Gasteiger partial charge in [-0.3, -0.25) is 4.79 Å². The molecule has 0 saturated heterocycles. The molecule has 0 aliphatic carbocycles. The van der Waals surface area contributed by atoms with Gasteiger partial charge in [-0.1, -0.05) is 18.7 Å². The zero-order valence-electron chi connectivity index (χ0n) is 14.6. The summed E-state index contributed by atoms with van der Waals surface area (Å²) in [6.07, 6.45) is 3.26. The molecule has 2 rings (SSSR count). The molecule has 0 saturated carbocycles. The lowest BCUT2D eigenvalue weighted by Gasteiger charge is -2.07. The number of nitrogens with one attached hydrogen (secondary N) is 1. The van der Waals surface area contributed by atoms with Gasteiger partial charge in [-0.2, -0.15) is 0 Å². The van der Waals surface area contributed by atoms with E-state index in [9.17, 15) is 4.79 Å². The van der Waals surface area contributed by atoms with E-state index in [2.05, 4.69) is 11.9 Å². The highest BCUT2D eigenvalue weighted by Gasteiger charge is 2.00. The summed E-state index contributed by atoms with van der Waals surface area (Å²) >= 11 is 0. The van der Waals surface area contributed by atoms with Crippen LogP contribution < -0.4 is 14.8 Å². The second kappa shape index (κ2) is 9.33. The van der Waals surface area contributed by atoms with Crippen molar-refractivity contribution >= 4 is 17.7 Å². The molecule has 2 aromatic rings. The summed E-state index contributed by atoms with van der Waals surface area (Å²) in [6, 6.07) is 14.8. The fourth-order valence-electron chi connectivity index (χ4n) is 2.04. The molecular formula is C21H23NO3. The van der Waals surface area contributed by atoms with Crippen LogP contribution in [0.2, 0.25) is 0 Å². The summed E-state index contributed by atoms with van der Waals surface area (Å²) in [4.78, 5) is 12.0. The summed E-state index contributed by atoms with van der Waals surface area (Å²) < 4.78 is 10.9. The highest BCUT2D eigenvalue weighted by Crippen LogP contribution is 2.17. The van der Waals surface area contributed by atoms with E-state index >= 15 is 0 Å². The van der Waals surface area contributed by atoms with Crippen LogP contribution in [0.4, 0.5) is 5.69 Å². The molecule has 0 spiro atoms. The molecule has 0 atom stereocenters. The summed E-state index contributed by atoms with van der Waals surface area (Å²) in [5.74, 6) is 1.37. The predicted octanol–water partition coefficient (Wildman–Crippen LogP) is 4.69. The normalized spacial score (nSPS) is 10.5. The van der Waals surface area contributed by atoms with Crippen LogP contribution in [0.25, 0.3) is 6.08 Å². The molecule has 0 heterocycles. The molecule has 1 N–H and O–H groups in total. The van der Waals surface area contributed by atoms with Gasteiger partial charge in [0.2, 0.25) is 5.91 Å². The number of hydrogen-bond acceptors (Lipinski definition) is 3. The first-order chi connectivity index (χ1) is 12.1. The molecule has 2 aromatic carbocycles. The largest absolute Gasteiger partial charge is 0.494 e. The van der Waals surface area contributed by atoms with Gasteiger partial charge in [0, 0.05) is 11.8 Å². The van der Waals surface area contributed by atoms with Gasteiger partial charge >= 0.3 is 0 Å². The molecular weight excluding hydrogens is 314 g/mol. The maximum absolute atomic E-state index is 12.0. The van der Waals surface area contributed by atoms with Gasteiger partial charge in [-0.25, -0.2) is 0 Å². The molecule has 1 amide bonds. The number of carbonyl (C=O) groups is 1. The molecule has 0 bridgehead atoms. The molecule has 0 radical (unpaired) electrons. The van der Waals surface area contributed by atoms with Crippen molar-refractivity contribution in [2.75, 3.05) is 18.5 Å². The minimum Gasteiger partial charge on any atom is -0.494 e. The summed E-state index contributed by atoms with van der Waals surface area (Å²) in [7, 11) is 0. The SMILES string of the molecule is C=C(C)COc1ccc(NC(=O)/C=C/c2ccc(OCC)cc2)cc1. The molecule has 0 aliphatic heterocycles. The first-order valence-electron chi connectivity index (χ1n) is 8.16. The number of hydrogen-bond donors (Lipinski definition) is 1. The van der Waals surface area contributed by atoms with Crippen molar-refractivity contribution in [3.8, 4) is 11.5 Å².